The Balaban J connectivity index is 1.66. The third kappa shape index (κ3) is 4.76. The van der Waals surface area contributed by atoms with Gasteiger partial charge in [-0.1, -0.05) is 22.0 Å². The van der Waals surface area contributed by atoms with E-state index in [9.17, 15) is 0 Å². The maximum absolute atomic E-state index is 4.38. The molecule has 2 heterocycles. The van der Waals surface area contributed by atoms with Crippen LogP contribution in [0.25, 0.3) is 0 Å². The maximum atomic E-state index is 4.38. The Morgan fingerprint density at radius 2 is 1.88 bits per heavy atom. The van der Waals surface area contributed by atoms with Gasteiger partial charge in [-0.3, -0.25) is 4.98 Å². The predicted octanol–water partition coefficient (Wildman–Crippen LogP) is 4.37. The van der Waals surface area contributed by atoms with Crippen molar-refractivity contribution in [1.29, 1.82) is 0 Å². The number of halogens is 1. The lowest BCUT2D eigenvalue weighted by atomic mass is 10.2. The summed E-state index contributed by atoms with van der Waals surface area (Å²) in [6.45, 7) is 2.94. The van der Waals surface area contributed by atoms with Crippen LogP contribution in [0.1, 0.15) is 11.1 Å². The Labute approximate surface area is 156 Å². The van der Waals surface area contributed by atoms with Gasteiger partial charge < -0.3 is 10.2 Å². The topological polar surface area (TPSA) is 53.9 Å². The number of aromatic nitrogens is 3. The Kier molecular flexibility index (Phi) is 5.60. The van der Waals surface area contributed by atoms with Crippen molar-refractivity contribution < 1.29 is 0 Å². The Morgan fingerprint density at radius 3 is 2.64 bits per heavy atom. The van der Waals surface area contributed by atoms with Gasteiger partial charge in [0.1, 0.15) is 18.0 Å². The highest BCUT2D eigenvalue weighted by Gasteiger charge is 2.06. The molecule has 2 aromatic heterocycles. The minimum Gasteiger partial charge on any atom is -0.359 e. The smallest absolute Gasteiger partial charge is 0.135 e. The van der Waals surface area contributed by atoms with Crippen molar-refractivity contribution in [3.63, 3.8) is 0 Å². The van der Waals surface area contributed by atoms with Gasteiger partial charge >= 0.3 is 0 Å². The molecular weight excluding hydrogens is 378 g/mol. The van der Waals surface area contributed by atoms with E-state index in [0.29, 0.717) is 0 Å². The first-order valence-electron chi connectivity index (χ1n) is 8.07. The number of hydrogen-bond acceptors (Lipinski definition) is 5. The Bertz CT molecular complexity index is 838. The van der Waals surface area contributed by atoms with Crippen LogP contribution in [-0.2, 0) is 6.42 Å². The molecule has 1 aromatic carbocycles. The number of benzene rings is 1. The second-order valence-electron chi connectivity index (χ2n) is 5.88. The molecule has 25 heavy (non-hydrogen) atoms. The summed E-state index contributed by atoms with van der Waals surface area (Å²) in [6, 6.07) is 12.2. The van der Waals surface area contributed by atoms with E-state index in [0.717, 1.165) is 34.8 Å². The molecule has 0 fully saturated rings. The van der Waals surface area contributed by atoms with E-state index < -0.39 is 0 Å². The number of likely N-dealkylation sites (N-methyl/N-ethyl adjacent to an activating group) is 1. The van der Waals surface area contributed by atoms with Crippen LogP contribution in [0, 0.1) is 6.92 Å². The molecule has 0 bridgehead atoms. The minimum atomic E-state index is 0.775. The van der Waals surface area contributed by atoms with Crippen molar-refractivity contribution in [2.75, 3.05) is 23.8 Å². The van der Waals surface area contributed by atoms with E-state index in [1.54, 1.807) is 6.33 Å². The molecule has 128 valence electrons. The maximum Gasteiger partial charge on any atom is 0.135 e. The molecule has 0 amide bonds. The van der Waals surface area contributed by atoms with Gasteiger partial charge in [0.2, 0.25) is 0 Å². The van der Waals surface area contributed by atoms with Crippen LogP contribution >= 0.6 is 15.9 Å². The lowest BCUT2D eigenvalue weighted by Gasteiger charge is -2.18. The van der Waals surface area contributed by atoms with Gasteiger partial charge in [-0.05, 0) is 48.7 Å². The molecule has 5 nitrogen and oxygen atoms in total. The van der Waals surface area contributed by atoms with Crippen molar-refractivity contribution in [3.8, 4) is 0 Å². The number of hydrogen-bond donors (Lipinski definition) is 1. The number of nitrogens with zero attached hydrogens (tertiary/aromatic N) is 4. The van der Waals surface area contributed by atoms with Crippen LogP contribution in [0.5, 0.6) is 0 Å². The average Bonchev–Trinajstić information content (AvgIpc) is 2.64. The Morgan fingerprint density at radius 1 is 1.08 bits per heavy atom. The summed E-state index contributed by atoms with van der Waals surface area (Å²) in [4.78, 5) is 14.9. The average molecular weight is 398 g/mol. The molecule has 0 radical (unpaired) electrons. The quantitative estimate of drug-likeness (QED) is 0.669. The third-order valence-corrected chi connectivity index (χ3v) is 4.83. The van der Waals surface area contributed by atoms with Crippen LogP contribution < -0.4 is 10.2 Å². The van der Waals surface area contributed by atoms with Crippen molar-refractivity contribution >= 4 is 33.3 Å². The van der Waals surface area contributed by atoms with Crippen molar-refractivity contribution in [3.05, 3.63) is 70.7 Å². The summed E-state index contributed by atoms with van der Waals surface area (Å²) in [5.41, 5.74) is 3.45. The van der Waals surface area contributed by atoms with Crippen molar-refractivity contribution in [2.45, 2.75) is 13.3 Å². The highest BCUT2D eigenvalue weighted by Crippen LogP contribution is 2.23. The predicted molar refractivity (Wildman–Crippen MR) is 105 cm³/mol. The minimum absolute atomic E-state index is 0.775. The monoisotopic (exact) mass is 397 g/mol. The molecule has 1 N–H and O–H groups in total. The number of anilines is 3. The van der Waals surface area contributed by atoms with Crippen LogP contribution in [0.15, 0.2) is 59.6 Å². The second kappa shape index (κ2) is 8.07. The van der Waals surface area contributed by atoms with Crippen LogP contribution in [0.2, 0.25) is 0 Å². The molecule has 3 aromatic rings. The molecule has 0 aliphatic heterocycles. The van der Waals surface area contributed by atoms with Gasteiger partial charge in [0.15, 0.2) is 0 Å². The first-order chi connectivity index (χ1) is 12.1. The van der Waals surface area contributed by atoms with Crippen molar-refractivity contribution in [2.24, 2.45) is 0 Å². The third-order valence-electron chi connectivity index (χ3n) is 3.97. The highest BCUT2D eigenvalue weighted by molar-refractivity contribution is 9.10. The van der Waals surface area contributed by atoms with E-state index in [4.69, 9.17) is 0 Å². The summed E-state index contributed by atoms with van der Waals surface area (Å²) >= 11 is 3.55. The molecule has 0 atom stereocenters. The van der Waals surface area contributed by atoms with E-state index in [2.05, 4.69) is 54.1 Å². The van der Waals surface area contributed by atoms with E-state index in [1.165, 1.54) is 11.1 Å². The largest absolute Gasteiger partial charge is 0.359 e. The van der Waals surface area contributed by atoms with Gasteiger partial charge in [0.05, 0.1) is 0 Å². The zero-order chi connectivity index (χ0) is 17.6. The molecule has 0 aliphatic carbocycles. The normalized spacial score (nSPS) is 10.5. The first kappa shape index (κ1) is 17.4. The first-order valence-corrected chi connectivity index (χ1v) is 8.86. The lowest BCUT2D eigenvalue weighted by Crippen LogP contribution is -2.21. The SMILES string of the molecule is Cc1ccc(Nc2cc(N(C)CCc3ccncc3)ncn2)cc1Br. The van der Waals surface area contributed by atoms with Gasteiger partial charge in [0, 0.05) is 42.2 Å². The molecule has 0 saturated carbocycles. The van der Waals surface area contributed by atoms with Gasteiger partial charge in [-0.25, -0.2) is 9.97 Å². The zero-order valence-electron chi connectivity index (χ0n) is 14.3. The number of aryl methyl sites for hydroxylation is 1. The fourth-order valence-electron chi connectivity index (χ4n) is 2.40. The van der Waals surface area contributed by atoms with Crippen LogP contribution in [0.3, 0.4) is 0 Å². The molecule has 3 rings (SSSR count). The molecular formula is C19H20BrN5. The molecule has 0 spiro atoms. The molecule has 0 aliphatic rings. The number of rotatable bonds is 6. The summed E-state index contributed by atoms with van der Waals surface area (Å²) in [6.07, 6.45) is 6.17. The van der Waals surface area contributed by atoms with E-state index in [1.807, 2.05) is 49.8 Å². The zero-order valence-corrected chi connectivity index (χ0v) is 15.9. The molecule has 0 saturated heterocycles. The standard InChI is InChI=1S/C19H20BrN5/c1-14-3-4-16(11-17(14)20)24-18-12-19(23-13-22-18)25(2)10-7-15-5-8-21-9-6-15/h3-6,8-9,11-13H,7,10H2,1-2H3,(H,22,23,24). The fourth-order valence-corrected chi connectivity index (χ4v) is 2.78. The summed E-state index contributed by atoms with van der Waals surface area (Å²) in [5, 5.41) is 3.32. The van der Waals surface area contributed by atoms with Crippen molar-refractivity contribution in [1.82, 2.24) is 15.0 Å². The van der Waals surface area contributed by atoms with Crippen LogP contribution in [-0.4, -0.2) is 28.5 Å². The fraction of sp³-hybridized carbons (Fsp3) is 0.211. The van der Waals surface area contributed by atoms with E-state index >= 15 is 0 Å². The lowest BCUT2D eigenvalue weighted by molar-refractivity contribution is 0.855. The van der Waals surface area contributed by atoms with E-state index in [-0.39, 0.29) is 0 Å². The summed E-state index contributed by atoms with van der Waals surface area (Å²) in [5.74, 6) is 1.66. The number of nitrogens with one attached hydrogen (secondary N) is 1. The Hall–Kier alpha value is -2.47. The van der Waals surface area contributed by atoms with Gasteiger partial charge in [-0.2, -0.15) is 0 Å². The van der Waals surface area contributed by atoms with Crippen LogP contribution in [0.4, 0.5) is 17.3 Å². The highest BCUT2D eigenvalue weighted by atomic mass is 79.9. The second-order valence-corrected chi connectivity index (χ2v) is 6.73. The number of pyridine rings is 1. The molecule has 6 heteroatoms. The summed E-state index contributed by atoms with van der Waals surface area (Å²) < 4.78 is 1.07. The summed E-state index contributed by atoms with van der Waals surface area (Å²) in [7, 11) is 2.04. The van der Waals surface area contributed by atoms with Gasteiger partial charge in [0.25, 0.3) is 0 Å². The van der Waals surface area contributed by atoms with Gasteiger partial charge in [-0.15, -0.1) is 0 Å². The molecule has 0 unspecified atom stereocenters.